The molecule has 1 amide bonds. The van der Waals surface area contributed by atoms with Gasteiger partial charge in [-0.2, -0.15) is 5.10 Å². The number of hydrogen-bond acceptors (Lipinski definition) is 6. The lowest BCUT2D eigenvalue weighted by Gasteiger charge is -2.40. The fraction of sp³-hybridized carbons (Fsp3) is 0.357. The van der Waals surface area contributed by atoms with Crippen molar-refractivity contribution < 1.29 is 4.79 Å². The minimum Gasteiger partial charge on any atom is -0.350 e. The molecule has 4 rings (SSSR count). The van der Waals surface area contributed by atoms with Gasteiger partial charge in [0, 0.05) is 33.4 Å². The number of carbonyl (C=O) groups is 1. The molecule has 0 unspecified atom stereocenters. The van der Waals surface area contributed by atoms with E-state index >= 15 is 0 Å². The van der Waals surface area contributed by atoms with Crippen LogP contribution in [0.25, 0.3) is 11.2 Å². The normalized spacial score (nSPS) is 15.0. The second-order valence-electron chi connectivity index (χ2n) is 5.67. The summed E-state index contributed by atoms with van der Waals surface area (Å²) in [7, 11) is 3.69. The van der Waals surface area contributed by atoms with Crippen molar-refractivity contribution in [1.82, 2.24) is 34.6 Å². The van der Waals surface area contributed by atoms with Crippen molar-refractivity contribution in [3.63, 3.8) is 0 Å². The maximum absolute atomic E-state index is 12.1. The van der Waals surface area contributed by atoms with E-state index in [2.05, 4.69) is 30.3 Å². The summed E-state index contributed by atoms with van der Waals surface area (Å²) in [5.74, 6) is 0.653. The Hall–Kier alpha value is -2.97. The zero-order valence-electron chi connectivity index (χ0n) is 12.8. The van der Waals surface area contributed by atoms with Crippen molar-refractivity contribution >= 4 is 22.9 Å². The number of amides is 1. The highest BCUT2D eigenvalue weighted by molar-refractivity contribution is 5.92. The van der Waals surface area contributed by atoms with E-state index in [4.69, 9.17) is 0 Å². The monoisotopic (exact) mass is 312 g/mol. The summed E-state index contributed by atoms with van der Waals surface area (Å²) in [5, 5.41) is 7.07. The summed E-state index contributed by atoms with van der Waals surface area (Å²) in [5.41, 5.74) is 2.01. The summed E-state index contributed by atoms with van der Waals surface area (Å²) >= 11 is 0. The van der Waals surface area contributed by atoms with Gasteiger partial charge in [0.25, 0.3) is 5.91 Å². The number of carbonyl (C=O) groups excluding carboxylic acids is 1. The molecule has 0 spiro atoms. The molecule has 0 saturated carbocycles. The number of rotatable bonds is 3. The highest BCUT2D eigenvalue weighted by Crippen LogP contribution is 2.25. The van der Waals surface area contributed by atoms with Crippen molar-refractivity contribution in [2.45, 2.75) is 6.04 Å². The van der Waals surface area contributed by atoms with Crippen molar-refractivity contribution in [3.8, 4) is 0 Å². The standard InChI is InChI=1S/C14H16N8O/c1-20-8-17-11-12(20)15-7-16-13(11)22-5-9(6-22)18-14(23)10-3-4-21(2)19-10/h3-4,7-9H,5-6H2,1-2H3,(H,18,23). The highest BCUT2D eigenvalue weighted by atomic mass is 16.2. The van der Waals surface area contributed by atoms with Crippen LogP contribution in [0.1, 0.15) is 10.5 Å². The van der Waals surface area contributed by atoms with Gasteiger partial charge < -0.3 is 14.8 Å². The Kier molecular flexibility index (Phi) is 3.00. The van der Waals surface area contributed by atoms with Crippen LogP contribution in [0.3, 0.4) is 0 Å². The fourth-order valence-corrected chi connectivity index (χ4v) is 2.70. The van der Waals surface area contributed by atoms with Crippen molar-refractivity contribution in [2.24, 2.45) is 14.1 Å². The molecule has 0 aliphatic carbocycles. The van der Waals surface area contributed by atoms with Crippen LogP contribution in [0.5, 0.6) is 0 Å². The number of hydrogen-bond donors (Lipinski definition) is 1. The van der Waals surface area contributed by atoms with Crippen molar-refractivity contribution in [2.75, 3.05) is 18.0 Å². The molecule has 1 saturated heterocycles. The first-order chi connectivity index (χ1) is 11.1. The smallest absolute Gasteiger partial charge is 0.272 e. The molecule has 118 valence electrons. The predicted molar refractivity (Wildman–Crippen MR) is 83.0 cm³/mol. The van der Waals surface area contributed by atoms with E-state index in [-0.39, 0.29) is 11.9 Å². The second kappa shape index (κ2) is 5.04. The van der Waals surface area contributed by atoms with Gasteiger partial charge in [-0.25, -0.2) is 15.0 Å². The molecule has 1 aliphatic rings. The molecule has 9 heteroatoms. The third-order valence-electron chi connectivity index (χ3n) is 3.94. The Bertz CT molecular complexity index is 876. The molecule has 0 aromatic carbocycles. The van der Waals surface area contributed by atoms with Gasteiger partial charge in [0.2, 0.25) is 0 Å². The number of aromatic nitrogens is 6. The Labute approximate surface area is 132 Å². The molecule has 9 nitrogen and oxygen atoms in total. The average Bonchev–Trinajstić information content (AvgIpc) is 3.09. The van der Waals surface area contributed by atoms with Crippen LogP contribution >= 0.6 is 0 Å². The Balaban J connectivity index is 1.44. The largest absolute Gasteiger partial charge is 0.350 e. The van der Waals surface area contributed by atoms with Gasteiger partial charge in [-0.15, -0.1) is 0 Å². The van der Waals surface area contributed by atoms with Crippen LogP contribution in [0, 0.1) is 0 Å². The van der Waals surface area contributed by atoms with Crippen molar-refractivity contribution in [1.29, 1.82) is 0 Å². The number of nitrogens with zero attached hydrogens (tertiary/aromatic N) is 7. The summed E-state index contributed by atoms with van der Waals surface area (Å²) in [4.78, 5) is 27.1. The number of nitrogens with one attached hydrogen (secondary N) is 1. The third kappa shape index (κ3) is 2.30. The van der Waals surface area contributed by atoms with Gasteiger partial charge in [0.1, 0.15) is 12.0 Å². The zero-order chi connectivity index (χ0) is 16.0. The molecular weight excluding hydrogens is 296 g/mol. The van der Waals surface area contributed by atoms with Gasteiger partial charge in [-0.1, -0.05) is 0 Å². The van der Waals surface area contributed by atoms with Crippen LogP contribution < -0.4 is 10.2 Å². The summed E-state index contributed by atoms with van der Waals surface area (Å²) in [6.07, 6.45) is 5.02. The maximum atomic E-state index is 12.1. The van der Waals surface area contributed by atoms with Gasteiger partial charge in [-0.05, 0) is 6.07 Å². The van der Waals surface area contributed by atoms with Crippen LogP contribution in [0.15, 0.2) is 24.9 Å². The Morgan fingerprint density at radius 2 is 2.09 bits per heavy atom. The summed E-state index contributed by atoms with van der Waals surface area (Å²) < 4.78 is 3.47. The average molecular weight is 312 g/mol. The maximum Gasteiger partial charge on any atom is 0.272 e. The Morgan fingerprint density at radius 3 is 2.83 bits per heavy atom. The van der Waals surface area contributed by atoms with Gasteiger partial charge in [-0.3, -0.25) is 9.48 Å². The topological polar surface area (TPSA) is 93.8 Å². The van der Waals surface area contributed by atoms with E-state index in [0.29, 0.717) is 18.8 Å². The molecule has 3 aromatic rings. The lowest BCUT2D eigenvalue weighted by molar-refractivity contribution is 0.0924. The van der Waals surface area contributed by atoms with Crippen LogP contribution in [-0.4, -0.2) is 54.3 Å². The minimum absolute atomic E-state index is 0.0817. The molecule has 4 heterocycles. The minimum atomic E-state index is -0.152. The zero-order valence-corrected chi connectivity index (χ0v) is 12.8. The number of anilines is 1. The van der Waals surface area contributed by atoms with E-state index in [1.54, 1.807) is 36.6 Å². The first-order valence-corrected chi connectivity index (χ1v) is 7.29. The summed E-state index contributed by atoms with van der Waals surface area (Å²) in [6.45, 7) is 1.39. The van der Waals surface area contributed by atoms with E-state index < -0.39 is 0 Å². The molecule has 0 radical (unpaired) electrons. The molecule has 23 heavy (non-hydrogen) atoms. The van der Waals surface area contributed by atoms with Crippen LogP contribution in [0.4, 0.5) is 5.82 Å². The molecule has 0 atom stereocenters. The molecule has 1 fully saturated rings. The lowest BCUT2D eigenvalue weighted by Crippen LogP contribution is -2.59. The highest BCUT2D eigenvalue weighted by Gasteiger charge is 2.31. The van der Waals surface area contributed by atoms with E-state index in [1.807, 2.05) is 11.6 Å². The lowest BCUT2D eigenvalue weighted by atomic mass is 10.1. The van der Waals surface area contributed by atoms with E-state index in [9.17, 15) is 4.79 Å². The third-order valence-corrected chi connectivity index (χ3v) is 3.94. The first kappa shape index (κ1) is 13.7. The second-order valence-corrected chi connectivity index (χ2v) is 5.67. The quantitative estimate of drug-likeness (QED) is 0.714. The Morgan fingerprint density at radius 1 is 1.26 bits per heavy atom. The van der Waals surface area contributed by atoms with Gasteiger partial charge >= 0.3 is 0 Å². The molecule has 0 bridgehead atoms. The fourth-order valence-electron chi connectivity index (χ4n) is 2.70. The van der Waals surface area contributed by atoms with Crippen LogP contribution in [0.2, 0.25) is 0 Å². The van der Waals surface area contributed by atoms with Gasteiger partial charge in [0.05, 0.1) is 12.4 Å². The van der Waals surface area contributed by atoms with Crippen LogP contribution in [-0.2, 0) is 14.1 Å². The molecular formula is C14H16N8O. The predicted octanol–water partition coefficient (Wildman–Crippen LogP) is -0.285. The molecule has 1 aliphatic heterocycles. The number of fused-ring (bicyclic) bond motifs is 1. The summed E-state index contributed by atoms with van der Waals surface area (Å²) in [6, 6.07) is 1.78. The molecule has 1 N–H and O–H groups in total. The SMILES string of the molecule is Cn1ccc(C(=O)NC2CN(c3ncnc4c3ncn4C)C2)n1. The number of aryl methyl sites for hydroxylation is 2. The molecule has 3 aromatic heterocycles. The van der Waals surface area contributed by atoms with E-state index in [1.165, 1.54) is 0 Å². The first-order valence-electron chi connectivity index (χ1n) is 7.29. The van der Waals surface area contributed by atoms with E-state index in [0.717, 1.165) is 17.0 Å². The number of imidazole rings is 1. The van der Waals surface area contributed by atoms with Gasteiger partial charge in [0.15, 0.2) is 17.0 Å². The van der Waals surface area contributed by atoms with Crippen molar-refractivity contribution in [3.05, 3.63) is 30.6 Å².